The average molecular weight is 232 g/mol. The summed E-state index contributed by atoms with van der Waals surface area (Å²) in [5, 5.41) is 8.48. The Morgan fingerprint density at radius 1 is 1.38 bits per heavy atom. The van der Waals surface area contributed by atoms with Gasteiger partial charge in [0, 0.05) is 0 Å². The van der Waals surface area contributed by atoms with Gasteiger partial charge in [0.15, 0.2) is 0 Å². The van der Waals surface area contributed by atoms with Crippen LogP contribution in [0.1, 0.15) is 21.5 Å². The lowest BCUT2D eigenvalue weighted by molar-refractivity contribution is -0.140. The number of nitriles is 1. The van der Waals surface area contributed by atoms with Crippen molar-refractivity contribution in [2.24, 2.45) is 5.73 Å². The zero-order valence-corrected chi connectivity index (χ0v) is 7.60. The second-order valence-electron chi connectivity index (χ2n) is 2.82. The van der Waals surface area contributed by atoms with Crippen LogP contribution in [0.25, 0.3) is 0 Å². The normalized spacial score (nSPS) is 10.9. The van der Waals surface area contributed by atoms with Crippen molar-refractivity contribution in [3.63, 3.8) is 0 Å². The summed E-state index contributed by atoms with van der Waals surface area (Å²) in [4.78, 5) is 10.7. The maximum atomic E-state index is 13.3. The molecule has 0 aliphatic rings. The van der Waals surface area contributed by atoms with Crippen molar-refractivity contribution in [2.45, 2.75) is 6.18 Å². The van der Waals surface area contributed by atoms with Gasteiger partial charge in [0.2, 0.25) is 0 Å². The Balaban J connectivity index is 3.58. The third-order valence-electron chi connectivity index (χ3n) is 1.81. The SMILES string of the molecule is N#Cc1ccc(C(F)(F)F)c(F)c1C(N)=O. The van der Waals surface area contributed by atoms with E-state index in [-0.39, 0.29) is 0 Å². The third-order valence-corrected chi connectivity index (χ3v) is 1.81. The molecular weight excluding hydrogens is 228 g/mol. The number of hydrogen-bond donors (Lipinski definition) is 1. The summed E-state index contributed by atoms with van der Waals surface area (Å²) in [6.45, 7) is 0. The van der Waals surface area contributed by atoms with Gasteiger partial charge in [-0.05, 0) is 12.1 Å². The number of nitrogens with zero attached hydrogens (tertiary/aromatic N) is 1. The molecule has 1 rings (SSSR count). The number of benzene rings is 1. The molecule has 0 aromatic heterocycles. The topological polar surface area (TPSA) is 66.9 Å². The van der Waals surface area contributed by atoms with E-state index in [2.05, 4.69) is 0 Å². The standard InChI is InChI=1S/C9H4F4N2O/c10-7-5(9(11,12)13)2-1-4(3-14)6(7)8(15)16/h1-2H,(H2,15,16). The number of hydrogen-bond acceptors (Lipinski definition) is 2. The van der Waals surface area contributed by atoms with Gasteiger partial charge in [-0.3, -0.25) is 4.79 Å². The molecule has 1 amide bonds. The van der Waals surface area contributed by atoms with E-state index < -0.39 is 34.6 Å². The number of amides is 1. The third kappa shape index (κ3) is 1.95. The van der Waals surface area contributed by atoms with Gasteiger partial charge in [-0.2, -0.15) is 18.4 Å². The predicted octanol–water partition coefficient (Wildman–Crippen LogP) is 1.82. The van der Waals surface area contributed by atoms with E-state index >= 15 is 0 Å². The fourth-order valence-electron chi connectivity index (χ4n) is 1.13. The van der Waals surface area contributed by atoms with Crippen molar-refractivity contribution < 1.29 is 22.4 Å². The van der Waals surface area contributed by atoms with E-state index in [0.717, 1.165) is 0 Å². The van der Waals surface area contributed by atoms with Crippen LogP contribution >= 0.6 is 0 Å². The summed E-state index contributed by atoms with van der Waals surface area (Å²) in [5.41, 5.74) is 1.51. The summed E-state index contributed by atoms with van der Waals surface area (Å²) in [5.74, 6) is -3.24. The lowest BCUT2D eigenvalue weighted by Gasteiger charge is -2.10. The first-order valence-electron chi connectivity index (χ1n) is 3.88. The maximum absolute atomic E-state index is 13.3. The molecule has 2 N–H and O–H groups in total. The van der Waals surface area contributed by atoms with Crippen LogP contribution in [0.15, 0.2) is 12.1 Å². The number of rotatable bonds is 1. The summed E-state index contributed by atoms with van der Waals surface area (Å²) in [7, 11) is 0. The molecule has 1 aromatic carbocycles. The first-order chi connectivity index (χ1) is 7.29. The monoisotopic (exact) mass is 232 g/mol. The van der Waals surface area contributed by atoms with Crippen molar-refractivity contribution in [3.8, 4) is 6.07 Å². The highest BCUT2D eigenvalue weighted by molar-refractivity contribution is 5.95. The van der Waals surface area contributed by atoms with E-state index in [1.165, 1.54) is 6.07 Å². The van der Waals surface area contributed by atoms with E-state index in [1.54, 1.807) is 0 Å². The zero-order valence-electron chi connectivity index (χ0n) is 7.60. The molecule has 16 heavy (non-hydrogen) atoms. The average Bonchev–Trinajstić information content (AvgIpc) is 2.14. The molecule has 0 fully saturated rings. The molecule has 1 aromatic rings. The Morgan fingerprint density at radius 2 is 1.94 bits per heavy atom. The van der Waals surface area contributed by atoms with Gasteiger partial charge in [0.25, 0.3) is 5.91 Å². The van der Waals surface area contributed by atoms with Gasteiger partial charge in [-0.25, -0.2) is 4.39 Å². The number of carbonyl (C=O) groups is 1. The van der Waals surface area contributed by atoms with Crippen LogP contribution in [0, 0.1) is 17.1 Å². The number of nitrogens with two attached hydrogens (primary N) is 1. The molecule has 0 saturated carbocycles. The van der Waals surface area contributed by atoms with Crippen LogP contribution in [-0.4, -0.2) is 5.91 Å². The summed E-state index contributed by atoms with van der Waals surface area (Å²) >= 11 is 0. The van der Waals surface area contributed by atoms with Crippen LogP contribution in [0.3, 0.4) is 0 Å². The molecule has 0 spiro atoms. The number of halogens is 4. The highest BCUT2D eigenvalue weighted by Crippen LogP contribution is 2.33. The maximum Gasteiger partial charge on any atom is 0.419 e. The molecule has 0 saturated heterocycles. The first-order valence-corrected chi connectivity index (χ1v) is 3.88. The molecule has 0 aliphatic heterocycles. The van der Waals surface area contributed by atoms with Crippen LogP contribution < -0.4 is 5.73 Å². The minimum absolute atomic E-state index is 0.389. The smallest absolute Gasteiger partial charge is 0.365 e. The fourth-order valence-corrected chi connectivity index (χ4v) is 1.13. The van der Waals surface area contributed by atoms with Gasteiger partial charge < -0.3 is 5.73 Å². The van der Waals surface area contributed by atoms with Crippen LogP contribution in [0.4, 0.5) is 17.6 Å². The first kappa shape index (κ1) is 12.0. The van der Waals surface area contributed by atoms with Gasteiger partial charge >= 0.3 is 6.18 Å². The second kappa shape index (κ2) is 3.81. The lowest BCUT2D eigenvalue weighted by Crippen LogP contribution is -2.19. The molecule has 0 aliphatic carbocycles. The molecule has 7 heteroatoms. The highest BCUT2D eigenvalue weighted by Gasteiger charge is 2.36. The summed E-state index contributed by atoms with van der Waals surface area (Å²) in [6.07, 6.45) is -4.94. The summed E-state index contributed by atoms with van der Waals surface area (Å²) < 4.78 is 50.1. The van der Waals surface area contributed by atoms with Crippen molar-refractivity contribution in [3.05, 3.63) is 34.6 Å². The Labute approximate surface area is 87.1 Å². The molecule has 84 valence electrons. The van der Waals surface area contributed by atoms with E-state index in [4.69, 9.17) is 11.0 Å². The quantitative estimate of drug-likeness (QED) is 0.750. The number of alkyl halides is 3. The minimum atomic E-state index is -4.94. The van der Waals surface area contributed by atoms with Crippen molar-refractivity contribution in [1.29, 1.82) is 5.26 Å². The largest absolute Gasteiger partial charge is 0.419 e. The minimum Gasteiger partial charge on any atom is -0.365 e. The Hall–Kier alpha value is -2.10. The number of primary amides is 1. The van der Waals surface area contributed by atoms with Gasteiger partial charge in [0.1, 0.15) is 11.9 Å². The van der Waals surface area contributed by atoms with E-state index in [9.17, 15) is 22.4 Å². The molecule has 0 radical (unpaired) electrons. The van der Waals surface area contributed by atoms with Crippen molar-refractivity contribution in [1.82, 2.24) is 0 Å². The van der Waals surface area contributed by atoms with Crippen LogP contribution in [-0.2, 0) is 6.18 Å². The van der Waals surface area contributed by atoms with E-state index in [0.29, 0.717) is 12.1 Å². The molecule has 0 atom stereocenters. The second-order valence-corrected chi connectivity index (χ2v) is 2.82. The van der Waals surface area contributed by atoms with Gasteiger partial charge in [-0.1, -0.05) is 0 Å². The molecule has 3 nitrogen and oxygen atoms in total. The zero-order chi connectivity index (χ0) is 12.5. The number of carbonyl (C=O) groups excluding carboxylic acids is 1. The van der Waals surface area contributed by atoms with Crippen molar-refractivity contribution in [2.75, 3.05) is 0 Å². The fraction of sp³-hybridized carbons (Fsp3) is 0.111. The predicted molar refractivity (Wildman–Crippen MR) is 44.6 cm³/mol. The van der Waals surface area contributed by atoms with Crippen LogP contribution in [0.2, 0.25) is 0 Å². The van der Waals surface area contributed by atoms with Crippen molar-refractivity contribution >= 4 is 5.91 Å². The molecular formula is C9H4F4N2O. The highest BCUT2D eigenvalue weighted by atomic mass is 19.4. The lowest BCUT2D eigenvalue weighted by atomic mass is 10.0. The molecule has 0 unspecified atom stereocenters. The Morgan fingerprint density at radius 3 is 2.31 bits per heavy atom. The summed E-state index contributed by atoms with van der Waals surface area (Å²) in [6, 6.07) is 2.48. The molecule has 0 bridgehead atoms. The Bertz CT molecular complexity index is 488. The Kier molecular flexibility index (Phi) is 2.85. The van der Waals surface area contributed by atoms with Crippen LogP contribution in [0.5, 0.6) is 0 Å². The molecule has 0 heterocycles. The van der Waals surface area contributed by atoms with E-state index in [1.807, 2.05) is 0 Å². The van der Waals surface area contributed by atoms with Gasteiger partial charge in [-0.15, -0.1) is 0 Å². The van der Waals surface area contributed by atoms with Gasteiger partial charge in [0.05, 0.1) is 16.7 Å².